The standard InChI is InChI=1S/C23H21N5O2/c1-14-7-8-15(23(29)27-16-9-10-16)11-18(14)28-13-26-21-20(24-12-25-22(21)28)17-5-3-4-6-19(17)30-2/h3-8,11-13,16H,9-10H2,1-2H3,(H,27,29). The van der Waals surface area contributed by atoms with Gasteiger partial charge < -0.3 is 10.1 Å². The number of aryl methyl sites for hydroxylation is 1. The number of carbonyl (C=O) groups is 1. The number of nitrogens with zero attached hydrogens (tertiary/aromatic N) is 4. The molecule has 0 spiro atoms. The van der Waals surface area contributed by atoms with Crippen LogP contribution >= 0.6 is 0 Å². The summed E-state index contributed by atoms with van der Waals surface area (Å²) >= 11 is 0. The normalized spacial score (nSPS) is 13.4. The largest absolute Gasteiger partial charge is 0.496 e. The van der Waals surface area contributed by atoms with Crippen LogP contribution in [-0.2, 0) is 0 Å². The summed E-state index contributed by atoms with van der Waals surface area (Å²) in [4.78, 5) is 26.1. The molecular formula is C23H21N5O2. The van der Waals surface area contributed by atoms with Crippen LogP contribution < -0.4 is 10.1 Å². The second kappa shape index (κ2) is 7.26. The molecule has 7 nitrogen and oxygen atoms in total. The number of para-hydroxylation sites is 1. The van der Waals surface area contributed by atoms with E-state index in [0.717, 1.165) is 35.4 Å². The van der Waals surface area contributed by atoms with Crippen LogP contribution in [0.2, 0.25) is 0 Å². The summed E-state index contributed by atoms with van der Waals surface area (Å²) in [7, 11) is 1.64. The number of fused-ring (bicyclic) bond motifs is 1. The topological polar surface area (TPSA) is 81.9 Å². The van der Waals surface area contributed by atoms with E-state index in [1.165, 1.54) is 6.33 Å². The second-order valence-electron chi connectivity index (χ2n) is 7.46. The summed E-state index contributed by atoms with van der Waals surface area (Å²) in [6.45, 7) is 2.01. The average molecular weight is 399 g/mol. The molecule has 1 aliphatic rings. The van der Waals surface area contributed by atoms with Crippen LogP contribution in [0.5, 0.6) is 5.75 Å². The van der Waals surface area contributed by atoms with Gasteiger partial charge in [0, 0.05) is 17.2 Å². The van der Waals surface area contributed by atoms with Crippen LogP contribution in [0.4, 0.5) is 0 Å². The third-order valence-electron chi connectivity index (χ3n) is 5.34. The van der Waals surface area contributed by atoms with Crippen molar-refractivity contribution in [3.8, 4) is 22.7 Å². The van der Waals surface area contributed by atoms with Gasteiger partial charge in [0.2, 0.25) is 0 Å². The SMILES string of the molecule is COc1ccccc1-c1ncnc2c1ncn2-c1cc(C(=O)NC2CC2)ccc1C. The third kappa shape index (κ3) is 3.18. The maximum Gasteiger partial charge on any atom is 0.251 e. The number of ether oxygens (including phenoxy) is 1. The van der Waals surface area contributed by atoms with Crippen molar-refractivity contribution in [1.29, 1.82) is 0 Å². The van der Waals surface area contributed by atoms with E-state index in [-0.39, 0.29) is 5.91 Å². The Morgan fingerprint density at radius 2 is 1.97 bits per heavy atom. The fraction of sp³-hybridized carbons (Fsp3) is 0.217. The lowest BCUT2D eigenvalue weighted by atomic mass is 10.1. The van der Waals surface area contributed by atoms with Crippen molar-refractivity contribution in [2.75, 3.05) is 7.11 Å². The van der Waals surface area contributed by atoms with Gasteiger partial charge in [0.05, 0.1) is 12.8 Å². The van der Waals surface area contributed by atoms with Crippen molar-refractivity contribution in [3.05, 3.63) is 66.2 Å². The Bertz CT molecular complexity index is 1260. The molecule has 0 atom stereocenters. The van der Waals surface area contributed by atoms with Gasteiger partial charge in [-0.05, 0) is 49.6 Å². The molecule has 0 aliphatic heterocycles. The van der Waals surface area contributed by atoms with Crippen molar-refractivity contribution in [1.82, 2.24) is 24.8 Å². The summed E-state index contributed by atoms with van der Waals surface area (Å²) < 4.78 is 7.40. The minimum absolute atomic E-state index is 0.0486. The molecule has 1 N–H and O–H groups in total. The van der Waals surface area contributed by atoms with Crippen LogP contribution in [0.25, 0.3) is 28.1 Å². The minimum Gasteiger partial charge on any atom is -0.496 e. The summed E-state index contributed by atoms with van der Waals surface area (Å²) in [5, 5.41) is 3.04. The number of hydrogen-bond acceptors (Lipinski definition) is 5. The third-order valence-corrected chi connectivity index (χ3v) is 5.34. The zero-order valence-electron chi connectivity index (χ0n) is 16.8. The van der Waals surface area contributed by atoms with Gasteiger partial charge in [-0.1, -0.05) is 18.2 Å². The maximum absolute atomic E-state index is 12.5. The lowest BCUT2D eigenvalue weighted by Gasteiger charge is -2.11. The number of nitrogens with one attached hydrogen (secondary N) is 1. The summed E-state index contributed by atoms with van der Waals surface area (Å²) in [6.07, 6.45) is 5.36. The van der Waals surface area contributed by atoms with Crippen molar-refractivity contribution >= 4 is 17.1 Å². The fourth-order valence-corrected chi connectivity index (χ4v) is 3.56. The predicted molar refractivity (Wildman–Crippen MR) is 114 cm³/mol. The van der Waals surface area contributed by atoms with E-state index in [9.17, 15) is 4.79 Å². The molecule has 0 saturated heterocycles. The number of methoxy groups -OCH3 is 1. The highest BCUT2D eigenvalue weighted by Crippen LogP contribution is 2.32. The molecule has 1 saturated carbocycles. The van der Waals surface area contributed by atoms with Crippen LogP contribution in [-0.4, -0.2) is 38.6 Å². The van der Waals surface area contributed by atoms with E-state index in [1.807, 2.05) is 54.0 Å². The number of rotatable bonds is 5. The molecule has 2 heterocycles. The Kier molecular flexibility index (Phi) is 4.43. The van der Waals surface area contributed by atoms with Gasteiger partial charge in [-0.2, -0.15) is 0 Å². The van der Waals surface area contributed by atoms with E-state index in [2.05, 4.69) is 20.3 Å². The van der Waals surface area contributed by atoms with E-state index in [1.54, 1.807) is 13.4 Å². The van der Waals surface area contributed by atoms with Gasteiger partial charge >= 0.3 is 0 Å². The van der Waals surface area contributed by atoms with Crippen LogP contribution in [0, 0.1) is 6.92 Å². The molecule has 1 amide bonds. The van der Waals surface area contributed by atoms with Crippen LogP contribution in [0.1, 0.15) is 28.8 Å². The average Bonchev–Trinajstić information content (AvgIpc) is 3.49. The number of aromatic nitrogens is 4. The van der Waals surface area contributed by atoms with Crippen LogP contribution in [0.3, 0.4) is 0 Å². The molecule has 30 heavy (non-hydrogen) atoms. The zero-order valence-corrected chi connectivity index (χ0v) is 16.8. The number of amides is 1. The van der Waals surface area contributed by atoms with Crippen molar-refractivity contribution in [2.24, 2.45) is 0 Å². The number of hydrogen-bond donors (Lipinski definition) is 1. The molecule has 2 aromatic heterocycles. The van der Waals surface area contributed by atoms with Gasteiger partial charge in [0.1, 0.15) is 29.6 Å². The molecule has 1 fully saturated rings. The predicted octanol–water partition coefficient (Wildman–Crippen LogP) is 3.69. The fourth-order valence-electron chi connectivity index (χ4n) is 3.56. The Hall–Kier alpha value is -3.74. The Morgan fingerprint density at radius 1 is 1.13 bits per heavy atom. The van der Waals surface area contributed by atoms with E-state index in [0.29, 0.717) is 28.5 Å². The quantitative estimate of drug-likeness (QED) is 0.553. The molecule has 4 aromatic rings. The molecule has 0 unspecified atom stereocenters. The maximum atomic E-state index is 12.5. The molecule has 0 bridgehead atoms. The van der Waals surface area contributed by atoms with Gasteiger partial charge in [0.25, 0.3) is 5.91 Å². The Labute approximate surface area is 173 Å². The minimum atomic E-state index is -0.0486. The van der Waals surface area contributed by atoms with Crippen molar-refractivity contribution in [3.63, 3.8) is 0 Å². The lowest BCUT2D eigenvalue weighted by Crippen LogP contribution is -2.25. The number of benzene rings is 2. The first-order valence-corrected chi connectivity index (χ1v) is 9.89. The van der Waals surface area contributed by atoms with E-state index in [4.69, 9.17) is 4.74 Å². The molecule has 150 valence electrons. The monoisotopic (exact) mass is 399 g/mol. The summed E-state index contributed by atoms with van der Waals surface area (Å²) in [5.41, 5.74) is 5.43. The van der Waals surface area contributed by atoms with Gasteiger partial charge in [-0.25, -0.2) is 15.0 Å². The second-order valence-corrected chi connectivity index (χ2v) is 7.46. The summed E-state index contributed by atoms with van der Waals surface area (Å²) in [5.74, 6) is 0.675. The first-order chi connectivity index (χ1) is 14.7. The first kappa shape index (κ1) is 18.3. The van der Waals surface area contributed by atoms with Crippen LogP contribution in [0.15, 0.2) is 55.1 Å². The Balaban J connectivity index is 1.62. The molecule has 5 rings (SSSR count). The smallest absolute Gasteiger partial charge is 0.251 e. The van der Waals surface area contributed by atoms with Crippen molar-refractivity contribution < 1.29 is 9.53 Å². The van der Waals surface area contributed by atoms with Gasteiger partial charge in [-0.15, -0.1) is 0 Å². The van der Waals surface area contributed by atoms with E-state index < -0.39 is 0 Å². The summed E-state index contributed by atoms with van der Waals surface area (Å²) in [6, 6.07) is 13.7. The lowest BCUT2D eigenvalue weighted by molar-refractivity contribution is 0.0951. The first-order valence-electron chi connectivity index (χ1n) is 9.89. The number of imidazole rings is 1. The number of carbonyl (C=O) groups excluding carboxylic acids is 1. The van der Waals surface area contributed by atoms with Crippen molar-refractivity contribution in [2.45, 2.75) is 25.8 Å². The highest BCUT2D eigenvalue weighted by atomic mass is 16.5. The highest BCUT2D eigenvalue weighted by Gasteiger charge is 2.24. The molecule has 7 heteroatoms. The zero-order chi connectivity index (χ0) is 20.7. The van der Waals surface area contributed by atoms with Gasteiger partial charge in [0.15, 0.2) is 5.65 Å². The molecule has 0 radical (unpaired) electrons. The molecular weight excluding hydrogens is 378 g/mol. The highest BCUT2D eigenvalue weighted by molar-refractivity contribution is 5.95. The molecule has 2 aromatic carbocycles. The Morgan fingerprint density at radius 3 is 2.77 bits per heavy atom. The van der Waals surface area contributed by atoms with Gasteiger partial charge in [-0.3, -0.25) is 9.36 Å². The molecule has 1 aliphatic carbocycles. The van der Waals surface area contributed by atoms with E-state index >= 15 is 0 Å².